The molecule has 0 spiro atoms. The van der Waals surface area contributed by atoms with Crippen LogP contribution in [0.15, 0.2) is 24.3 Å². The smallest absolute Gasteiger partial charge is 0.230 e. The van der Waals surface area contributed by atoms with Crippen LogP contribution in [-0.4, -0.2) is 20.4 Å². The van der Waals surface area contributed by atoms with Gasteiger partial charge >= 0.3 is 0 Å². The molecule has 5 nitrogen and oxygen atoms in total. The van der Waals surface area contributed by atoms with E-state index in [4.69, 9.17) is 0 Å². The Bertz CT molecular complexity index is 539. The molecule has 88 valence electrons. The number of carbonyl (C=O) groups is 1. The van der Waals surface area contributed by atoms with Crippen molar-refractivity contribution in [1.82, 2.24) is 9.36 Å². The fraction of sp³-hybridized carbons (Fsp3) is 0.182. The largest absolute Gasteiger partial charge is 0.508 e. The molecule has 0 fully saturated rings. The first-order chi connectivity index (χ1) is 8.13. The highest BCUT2D eigenvalue weighted by Gasteiger charge is 2.07. The lowest BCUT2D eigenvalue weighted by Gasteiger charge is -2.01. The summed E-state index contributed by atoms with van der Waals surface area (Å²) >= 11 is 1.15. The number of benzene rings is 1. The molecule has 1 aromatic heterocycles. The van der Waals surface area contributed by atoms with Crippen molar-refractivity contribution in [1.29, 1.82) is 0 Å². The summed E-state index contributed by atoms with van der Waals surface area (Å²) < 4.78 is 3.97. The molecular formula is C11H11N3O2S. The van der Waals surface area contributed by atoms with Gasteiger partial charge in [-0.25, -0.2) is 4.98 Å². The molecule has 0 unspecified atom stereocenters. The molecule has 1 heterocycles. The first-order valence-electron chi connectivity index (χ1n) is 5.01. The molecule has 2 aromatic rings. The number of aromatic nitrogens is 2. The van der Waals surface area contributed by atoms with Gasteiger partial charge in [-0.05, 0) is 24.6 Å². The van der Waals surface area contributed by atoms with Gasteiger partial charge in [0.2, 0.25) is 11.0 Å². The Morgan fingerprint density at radius 3 is 3.00 bits per heavy atom. The lowest BCUT2D eigenvalue weighted by molar-refractivity contribution is -0.115. The van der Waals surface area contributed by atoms with Crippen molar-refractivity contribution in [2.45, 2.75) is 13.3 Å². The number of hydrogen-bond donors (Lipinski definition) is 2. The highest BCUT2D eigenvalue weighted by atomic mass is 32.1. The van der Waals surface area contributed by atoms with E-state index < -0.39 is 0 Å². The van der Waals surface area contributed by atoms with E-state index in [2.05, 4.69) is 14.7 Å². The first-order valence-corrected chi connectivity index (χ1v) is 5.79. The SMILES string of the molecule is Cc1nsc(NC(=O)Cc2cccc(O)c2)n1. The second-order valence-corrected chi connectivity index (χ2v) is 4.29. The number of phenols is 1. The zero-order valence-corrected chi connectivity index (χ0v) is 9.99. The number of phenolic OH excluding ortho intramolecular Hbond substituents is 1. The van der Waals surface area contributed by atoms with Crippen molar-refractivity contribution in [3.63, 3.8) is 0 Å². The molecule has 17 heavy (non-hydrogen) atoms. The number of carbonyl (C=O) groups excluding carboxylic acids is 1. The van der Waals surface area contributed by atoms with Gasteiger partial charge in [0, 0.05) is 11.5 Å². The van der Waals surface area contributed by atoms with Crippen molar-refractivity contribution < 1.29 is 9.90 Å². The fourth-order valence-electron chi connectivity index (χ4n) is 1.36. The summed E-state index contributed by atoms with van der Waals surface area (Å²) in [5.74, 6) is 0.622. The van der Waals surface area contributed by atoms with Crippen LogP contribution < -0.4 is 5.32 Å². The van der Waals surface area contributed by atoms with Crippen LogP contribution in [0, 0.1) is 6.92 Å². The zero-order chi connectivity index (χ0) is 12.3. The zero-order valence-electron chi connectivity index (χ0n) is 9.17. The third-order valence-corrected chi connectivity index (χ3v) is 2.77. The van der Waals surface area contributed by atoms with Crippen LogP contribution in [0.5, 0.6) is 5.75 Å². The molecule has 0 bridgehead atoms. The molecule has 0 aliphatic carbocycles. The van der Waals surface area contributed by atoms with E-state index in [1.54, 1.807) is 31.2 Å². The lowest BCUT2D eigenvalue weighted by Crippen LogP contribution is -2.14. The molecule has 0 saturated heterocycles. The van der Waals surface area contributed by atoms with Gasteiger partial charge in [-0.15, -0.1) is 0 Å². The minimum atomic E-state index is -0.174. The number of amides is 1. The predicted molar refractivity (Wildman–Crippen MR) is 65.1 cm³/mol. The normalized spacial score (nSPS) is 10.2. The summed E-state index contributed by atoms with van der Waals surface area (Å²) in [7, 11) is 0. The molecule has 6 heteroatoms. The van der Waals surface area contributed by atoms with E-state index in [9.17, 15) is 9.90 Å². The summed E-state index contributed by atoms with van der Waals surface area (Å²) in [6, 6.07) is 6.61. The van der Waals surface area contributed by atoms with Gasteiger partial charge in [0.1, 0.15) is 11.6 Å². The minimum absolute atomic E-state index is 0.155. The highest BCUT2D eigenvalue weighted by Crippen LogP contribution is 2.13. The van der Waals surface area contributed by atoms with Gasteiger partial charge in [-0.1, -0.05) is 12.1 Å². The Morgan fingerprint density at radius 1 is 1.53 bits per heavy atom. The van der Waals surface area contributed by atoms with E-state index in [0.29, 0.717) is 11.0 Å². The van der Waals surface area contributed by atoms with Crippen LogP contribution in [-0.2, 0) is 11.2 Å². The van der Waals surface area contributed by atoms with Gasteiger partial charge in [0.25, 0.3) is 0 Å². The quantitative estimate of drug-likeness (QED) is 0.868. The van der Waals surface area contributed by atoms with Crippen LogP contribution in [0.25, 0.3) is 0 Å². The molecule has 0 saturated carbocycles. The van der Waals surface area contributed by atoms with E-state index in [1.807, 2.05) is 0 Å². The third kappa shape index (κ3) is 3.25. The Balaban J connectivity index is 1.98. The van der Waals surface area contributed by atoms with Gasteiger partial charge in [-0.2, -0.15) is 4.37 Å². The number of rotatable bonds is 3. The minimum Gasteiger partial charge on any atom is -0.508 e. The average Bonchev–Trinajstić information content (AvgIpc) is 2.63. The molecule has 0 aliphatic rings. The van der Waals surface area contributed by atoms with E-state index >= 15 is 0 Å². The lowest BCUT2D eigenvalue weighted by atomic mass is 10.1. The molecule has 1 amide bonds. The Kier molecular flexibility index (Phi) is 3.34. The Morgan fingerprint density at radius 2 is 2.35 bits per heavy atom. The maximum atomic E-state index is 11.6. The van der Waals surface area contributed by atoms with E-state index in [-0.39, 0.29) is 18.1 Å². The fourth-order valence-corrected chi connectivity index (χ4v) is 1.95. The number of nitrogens with zero attached hydrogens (tertiary/aromatic N) is 2. The maximum absolute atomic E-state index is 11.6. The Hall–Kier alpha value is -1.95. The van der Waals surface area contributed by atoms with Crippen LogP contribution >= 0.6 is 11.5 Å². The third-order valence-electron chi connectivity index (χ3n) is 2.05. The highest BCUT2D eigenvalue weighted by molar-refractivity contribution is 7.09. The standard InChI is InChI=1S/C11H11N3O2S/c1-7-12-11(17-14-7)13-10(16)6-8-3-2-4-9(15)5-8/h2-5,15H,6H2,1H3,(H,12,13,14,16). The summed E-state index contributed by atoms with van der Waals surface area (Å²) in [6.45, 7) is 1.77. The number of anilines is 1. The molecule has 0 atom stereocenters. The number of nitrogens with one attached hydrogen (secondary N) is 1. The second-order valence-electron chi connectivity index (χ2n) is 3.54. The monoisotopic (exact) mass is 249 g/mol. The summed E-state index contributed by atoms with van der Waals surface area (Å²) in [5.41, 5.74) is 0.753. The molecular weight excluding hydrogens is 238 g/mol. The van der Waals surface area contributed by atoms with Crippen LogP contribution in [0.2, 0.25) is 0 Å². The van der Waals surface area contributed by atoms with Crippen molar-refractivity contribution in [2.75, 3.05) is 5.32 Å². The van der Waals surface area contributed by atoms with Gasteiger partial charge in [0.15, 0.2) is 0 Å². The Labute approximate surface area is 102 Å². The van der Waals surface area contributed by atoms with E-state index in [0.717, 1.165) is 17.1 Å². The van der Waals surface area contributed by atoms with Crippen molar-refractivity contribution in [2.24, 2.45) is 0 Å². The molecule has 0 radical (unpaired) electrons. The van der Waals surface area contributed by atoms with Gasteiger partial charge < -0.3 is 10.4 Å². The number of hydrogen-bond acceptors (Lipinski definition) is 5. The molecule has 2 N–H and O–H groups in total. The number of aromatic hydroxyl groups is 1. The van der Waals surface area contributed by atoms with Crippen molar-refractivity contribution >= 4 is 22.6 Å². The van der Waals surface area contributed by atoms with Crippen LogP contribution in [0.1, 0.15) is 11.4 Å². The predicted octanol–water partition coefficient (Wildman–Crippen LogP) is 1.73. The average molecular weight is 249 g/mol. The van der Waals surface area contributed by atoms with E-state index in [1.165, 1.54) is 0 Å². The van der Waals surface area contributed by atoms with Gasteiger partial charge in [0.05, 0.1) is 6.42 Å². The maximum Gasteiger partial charge on any atom is 0.230 e. The summed E-state index contributed by atoms with van der Waals surface area (Å²) in [5, 5.41) is 12.4. The molecule has 0 aliphatic heterocycles. The van der Waals surface area contributed by atoms with Crippen molar-refractivity contribution in [3.05, 3.63) is 35.7 Å². The summed E-state index contributed by atoms with van der Waals surface area (Å²) in [6.07, 6.45) is 0.201. The van der Waals surface area contributed by atoms with Gasteiger partial charge in [-0.3, -0.25) is 4.79 Å². The van der Waals surface area contributed by atoms with Crippen molar-refractivity contribution in [3.8, 4) is 5.75 Å². The van der Waals surface area contributed by atoms with Crippen LogP contribution in [0.3, 0.4) is 0 Å². The van der Waals surface area contributed by atoms with Crippen LogP contribution in [0.4, 0.5) is 5.13 Å². The number of aryl methyl sites for hydroxylation is 1. The molecule has 2 rings (SSSR count). The summed E-state index contributed by atoms with van der Waals surface area (Å²) in [4.78, 5) is 15.7. The topological polar surface area (TPSA) is 75.1 Å². The molecule has 1 aromatic carbocycles. The first kappa shape index (κ1) is 11.5. The second kappa shape index (κ2) is 4.92.